The van der Waals surface area contributed by atoms with E-state index in [1.165, 1.54) is 42.8 Å². The minimum atomic E-state index is 0.780. The predicted molar refractivity (Wildman–Crippen MR) is 74.4 cm³/mol. The summed E-state index contributed by atoms with van der Waals surface area (Å²) in [4.78, 5) is 3.50. The minimum absolute atomic E-state index is 0.780. The normalized spacial score (nSPS) is 25.2. The second kappa shape index (κ2) is 5.98. The van der Waals surface area contributed by atoms with E-state index in [9.17, 15) is 0 Å². The molecule has 1 aromatic rings. The molecule has 0 aliphatic carbocycles. The minimum Gasteiger partial charge on any atom is -0.324 e. The number of rotatable bonds is 3. The molecule has 2 N–H and O–H groups in total. The van der Waals surface area contributed by atoms with E-state index in [-0.39, 0.29) is 0 Å². The van der Waals surface area contributed by atoms with Crippen LogP contribution in [0.15, 0.2) is 28.7 Å². The summed E-state index contributed by atoms with van der Waals surface area (Å²) >= 11 is 3.54. The van der Waals surface area contributed by atoms with E-state index in [0.717, 1.165) is 6.04 Å². The molecule has 1 aromatic carbocycles. The lowest BCUT2D eigenvalue weighted by molar-refractivity contribution is -1.03. The summed E-state index contributed by atoms with van der Waals surface area (Å²) in [5.41, 5.74) is 1.45. The maximum Gasteiger partial charge on any atom is 0.127 e. The largest absolute Gasteiger partial charge is 0.324 e. The second-order valence-electron chi connectivity index (χ2n) is 5.37. The number of quaternary nitrogens is 2. The summed E-state index contributed by atoms with van der Waals surface area (Å²) in [7, 11) is 0. The van der Waals surface area contributed by atoms with Gasteiger partial charge in [-0.15, -0.1) is 0 Å². The Kier molecular flexibility index (Phi) is 4.60. The number of piperazine rings is 1. The van der Waals surface area contributed by atoms with Gasteiger partial charge in [0.25, 0.3) is 0 Å². The molecule has 1 aliphatic rings. The first-order chi connectivity index (χ1) is 8.15. The molecule has 0 aromatic heterocycles. The van der Waals surface area contributed by atoms with Crippen molar-refractivity contribution < 1.29 is 9.80 Å². The average Bonchev–Trinajstić information content (AvgIpc) is 2.29. The van der Waals surface area contributed by atoms with E-state index < -0.39 is 0 Å². The van der Waals surface area contributed by atoms with Crippen LogP contribution in [-0.4, -0.2) is 32.2 Å². The van der Waals surface area contributed by atoms with Gasteiger partial charge in [0.2, 0.25) is 0 Å². The van der Waals surface area contributed by atoms with Crippen molar-refractivity contribution in [1.29, 1.82) is 0 Å². The lowest BCUT2D eigenvalue weighted by atomic mass is 10.2. The molecular weight excluding hydrogens is 276 g/mol. The Hall–Kier alpha value is -0.380. The zero-order valence-electron chi connectivity index (χ0n) is 10.8. The van der Waals surface area contributed by atoms with E-state index >= 15 is 0 Å². The lowest BCUT2D eigenvalue weighted by Crippen LogP contribution is -3.28. The van der Waals surface area contributed by atoms with Gasteiger partial charge < -0.3 is 9.80 Å². The van der Waals surface area contributed by atoms with Crippen molar-refractivity contribution in [2.45, 2.75) is 26.4 Å². The molecule has 3 heteroatoms. The SMILES string of the molecule is CC(C)[NH+]1CC[NH+](Cc2cccc(Br)c2)CC1. The smallest absolute Gasteiger partial charge is 0.127 e. The highest BCUT2D eigenvalue weighted by Crippen LogP contribution is 2.10. The van der Waals surface area contributed by atoms with Crippen LogP contribution in [0.3, 0.4) is 0 Å². The fourth-order valence-corrected chi connectivity index (χ4v) is 3.06. The molecule has 2 nitrogen and oxygen atoms in total. The Balaban J connectivity index is 1.86. The van der Waals surface area contributed by atoms with Crippen molar-refractivity contribution in [3.63, 3.8) is 0 Å². The Labute approximate surface area is 113 Å². The molecule has 1 aliphatic heterocycles. The van der Waals surface area contributed by atoms with Gasteiger partial charge >= 0.3 is 0 Å². The predicted octanol–water partition coefficient (Wildman–Crippen LogP) is 0.141. The molecule has 0 saturated carbocycles. The van der Waals surface area contributed by atoms with Crippen LogP contribution in [-0.2, 0) is 6.54 Å². The van der Waals surface area contributed by atoms with Gasteiger partial charge in [0.05, 0.1) is 6.04 Å². The Bertz CT molecular complexity index is 357. The van der Waals surface area contributed by atoms with Crippen molar-refractivity contribution in [2.24, 2.45) is 0 Å². The molecule has 0 bridgehead atoms. The third kappa shape index (κ3) is 3.80. The molecule has 17 heavy (non-hydrogen) atoms. The molecule has 0 unspecified atom stereocenters. The Morgan fingerprint density at radius 1 is 1.18 bits per heavy atom. The fourth-order valence-electron chi connectivity index (χ4n) is 2.61. The van der Waals surface area contributed by atoms with Crippen molar-refractivity contribution in [3.8, 4) is 0 Å². The second-order valence-corrected chi connectivity index (χ2v) is 6.29. The maximum atomic E-state index is 3.54. The van der Waals surface area contributed by atoms with Crippen LogP contribution in [0.4, 0.5) is 0 Å². The van der Waals surface area contributed by atoms with E-state index in [1.54, 1.807) is 9.80 Å². The van der Waals surface area contributed by atoms with Crippen LogP contribution in [0, 0.1) is 0 Å². The summed E-state index contributed by atoms with van der Waals surface area (Å²) in [6, 6.07) is 9.49. The molecule has 0 amide bonds. The molecule has 0 spiro atoms. The maximum absolute atomic E-state index is 3.54. The van der Waals surface area contributed by atoms with E-state index in [1.807, 2.05) is 0 Å². The first kappa shape index (κ1) is 13.1. The molecule has 0 atom stereocenters. The highest BCUT2D eigenvalue weighted by Gasteiger charge is 2.24. The summed E-state index contributed by atoms with van der Waals surface area (Å²) in [5, 5.41) is 0. The standard InChI is InChI=1S/C14H21BrN2/c1-12(2)17-8-6-16(7-9-17)11-13-4-3-5-14(15)10-13/h3-5,10,12H,6-9,11H2,1-2H3/p+2. The summed E-state index contributed by atoms with van der Waals surface area (Å²) in [5.74, 6) is 0. The van der Waals surface area contributed by atoms with Crippen LogP contribution in [0.2, 0.25) is 0 Å². The third-order valence-electron chi connectivity index (χ3n) is 3.76. The van der Waals surface area contributed by atoms with Crippen LogP contribution in [0.25, 0.3) is 0 Å². The third-order valence-corrected chi connectivity index (χ3v) is 4.25. The first-order valence-corrected chi connectivity index (χ1v) is 7.37. The van der Waals surface area contributed by atoms with Gasteiger partial charge in [0.15, 0.2) is 0 Å². The number of nitrogens with one attached hydrogen (secondary N) is 2. The average molecular weight is 299 g/mol. The van der Waals surface area contributed by atoms with Gasteiger partial charge in [-0.1, -0.05) is 28.1 Å². The topological polar surface area (TPSA) is 8.88 Å². The molecular formula is C14H23BrN2+2. The highest BCUT2D eigenvalue weighted by atomic mass is 79.9. The zero-order chi connectivity index (χ0) is 12.3. The van der Waals surface area contributed by atoms with Crippen LogP contribution < -0.4 is 9.80 Å². The molecule has 94 valence electrons. The van der Waals surface area contributed by atoms with Crippen LogP contribution in [0.5, 0.6) is 0 Å². The van der Waals surface area contributed by atoms with Gasteiger partial charge in [0, 0.05) is 10.0 Å². The molecule has 1 heterocycles. The molecule has 1 fully saturated rings. The lowest BCUT2D eigenvalue weighted by Gasteiger charge is -2.32. The van der Waals surface area contributed by atoms with Crippen molar-refractivity contribution in [1.82, 2.24) is 0 Å². The summed E-state index contributed by atoms with van der Waals surface area (Å²) in [6.45, 7) is 11.1. The number of hydrogen-bond acceptors (Lipinski definition) is 0. The van der Waals surface area contributed by atoms with Crippen molar-refractivity contribution in [3.05, 3.63) is 34.3 Å². The number of benzene rings is 1. The van der Waals surface area contributed by atoms with Gasteiger partial charge in [-0.05, 0) is 26.0 Å². The van der Waals surface area contributed by atoms with Gasteiger partial charge in [0.1, 0.15) is 32.7 Å². The molecule has 2 rings (SSSR count). The summed E-state index contributed by atoms with van der Waals surface area (Å²) < 4.78 is 1.20. The van der Waals surface area contributed by atoms with E-state index in [4.69, 9.17) is 0 Å². The quantitative estimate of drug-likeness (QED) is 0.786. The van der Waals surface area contributed by atoms with E-state index in [2.05, 4.69) is 54.0 Å². The zero-order valence-corrected chi connectivity index (χ0v) is 12.4. The molecule has 1 saturated heterocycles. The highest BCUT2D eigenvalue weighted by molar-refractivity contribution is 9.10. The van der Waals surface area contributed by atoms with Gasteiger partial charge in [-0.3, -0.25) is 0 Å². The summed E-state index contributed by atoms with van der Waals surface area (Å²) in [6.07, 6.45) is 0. The van der Waals surface area contributed by atoms with E-state index in [0.29, 0.717) is 0 Å². The molecule has 0 radical (unpaired) electrons. The first-order valence-electron chi connectivity index (χ1n) is 6.58. The van der Waals surface area contributed by atoms with Crippen molar-refractivity contribution >= 4 is 15.9 Å². The number of hydrogen-bond donors (Lipinski definition) is 2. The Morgan fingerprint density at radius 2 is 1.88 bits per heavy atom. The Morgan fingerprint density at radius 3 is 2.47 bits per heavy atom. The monoisotopic (exact) mass is 298 g/mol. The van der Waals surface area contributed by atoms with Gasteiger partial charge in [-0.2, -0.15) is 0 Å². The van der Waals surface area contributed by atoms with Crippen LogP contribution >= 0.6 is 15.9 Å². The fraction of sp³-hybridized carbons (Fsp3) is 0.571. The number of halogens is 1. The van der Waals surface area contributed by atoms with Crippen LogP contribution in [0.1, 0.15) is 19.4 Å². The van der Waals surface area contributed by atoms with Gasteiger partial charge in [-0.25, -0.2) is 0 Å². The van der Waals surface area contributed by atoms with Crippen molar-refractivity contribution in [2.75, 3.05) is 26.2 Å².